The van der Waals surface area contributed by atoms with Crippen molar-refractivity contribution in [2.45, 2.75) is 39.2 Å². The van der Waals surface area contributed by atoms with Crippen LogP contribution in [0, 0.1) is 0 Å². The first-order valence-corrected chi connectivity index (χ1v) is 11.3. The first-order chi connectivity index (χ1) is 15.5. The number of rotatable bonds is 7. The van der Waals surface area contributed by atoms with Gasteiger partial charge < -0.3 is 9.84 Å². The van der Waals surface area contributed by atoms with Crippen molar-refractivity contribution in [3.8, 4) is 5.75 Å². The molecule has 0 aliphatic heterocycles. The normalized spacial score (nSPS) is 13.5. The van der Waals surface area contributed by atoms with Gasteiger partial charge in [-0.2, -0.15) is 0 Å². The largest absolute Gasteiger partial charge is 0.489 e. The summed E-state index contributed by atoms with van der Waals surface area (Å²) < 4.78 is 5.99. The molecule has 164 valence electrons. The van der Waals surface area contributed by atoms with Gasteiger partial charge in [-0.1, -0.05) is 42.3 Å². The highest BCUT2D eigenvalue weighted by Crippen LogP contribution is 2.43. The molecule has 1 N–H and O–H groups in total. The maximum atomic E-state index is 11.7. The van der Waals surface area contributed by atoms with Crippen molar-refractivity contribution in [3.63, 3.8) is 0 Å². The minimum absolute atomic E-state index is 0.259. The number of carboxylic acids is 1. The third kappa shape index (κ3) is 4.82. The van der Waals surface area contributed by atoms with E-state index in [-0.39, 0.29) is 5.56 Å². The Bertz CT molecular complexity index is 1190. The van der Waals surface area contributed by atoms with E-state index in [1.165, 1.54) is 0 Å². The van der Waals surface area contributed by atoms with Crippen LogP contribution in [0.1, 0.15) is 58.9 Å². The van der Waals surface area contributed by atoms with E-state index in [2.05, 4.69) is 4.98 Å². The fourth-order valence-electron chi connectivity index (χ4n) is 4.06. The van der Waals surface area contributed by atoms with Gasteiger partial charge >= 0.3 is 5.97 Å². The summed E-state index contributed by atoms with van der Waals surface area (Å²) in [5.74, 6) is -0.226. The summed E-state index contributed by atoms with van der Waals surface area (Å²) in [5, 5.41) is 10.9. The van der Waals surface area contributed by atoms with Crippen molar-refractivity contribution < 1.29 is 14.6 Å². The van der Waals surface area contributed by atoms with Crippen molar-refractivity contribution in [3.05, 3.63) is 92.7 Å². The summed E-state index contributed by atoms with van der Waals surface area (Å²) in [6, 6.07) is 15.0. The zero-order valence-electron chi connectivity index (χ0n) is 17.7. The zero-order chi connectivity index (χ0) is 22.7. The molecule has 0 saturated carbocycles. The number of aromatic nitrogens is 1. The molecule has 0 spiro atoms. The summed E-state index contributed by atoms with van der Waals surface area (Å²) >= 11 is 12.5. The molecule has 0 amide bonds. The van der Waals surface area contributed by atoms with Gasteiger partial charge in [0.1, 0.15) is 12.4 Å². The third-order valence-corrected chi connectivity index (χ3v) is 6.27. The predicted molar refractivity (Wildman–Crippen MR) is 128 cm³/mol. The molecule has 4 nitrogen and oxygen atoms in total. The summed E-state index contributed by atoms with van der Waals surface area (Å²) in [5.41, 5.74) is 5.86. The monoisotopic (exact) mass is 467 g/mol. The number of hydrogen-bond donors (Lipinski definition) is 1. The average molecular weight is 468 g/mol. The second-order valence-corrected chi connectivity index (χ2v) is 8.59. The Hall–Kier alpha value is -2.82. The van der Waals surface area contributed by atoms with Crippen molar-refractivity contribution in [1.29, 1.82) is 0 Å². The quantitative estimate of drug-likeness (QED) is 0.395. The molecule has 2 aromatic carbocycles. The van der Waals surface area contributed by atoms with Gasteiger partial charge in [0.25, 0.3) is 0 Å². The van der Waals surface area contributed by atoms with Gasteiger partial charge in [-0.15, -0.1) is 0 Å². The van der Waals surface area contributed by atoms with E-state index in [1.54, 1.807) is 12.3 Å². The summed E-state index contributed by atoms with van der Waals surface area (Å²) in [4.78, 5) is 16.1. The highest BCUT2D eigenvalue weighted by molar-refractivity contribution is 6.32. The number of pyridine rings is 1. The summed E-state index contributed by atoms with van der Waals surface area (Å²) in [6.45, 7) is 2.33. The van der Waals surface area contributed by atoms with Crippen LogP contribution in [0.25, 0.3) is 11.1 Å². The van der Waals surface area contributed by atoms with Crippen LogP contribution in [0.4, 0.5) is 0 Å². The fourth-order valence-corrected chi connectivity index (χ4v) is 4.41. The van der Waals surface area contributed by atoms with Gasteiger partial charge in [0.05, 0.1) is 11.3 Å². The lowest BCUT2D eigenvalue weighted by Gasteiger charge is -2.14. The number of halogens is 2. The van der Waals surface area contributed by atoms with E-state index < -0.39 is 5.97 Å². The Morgan fingerprint density at radius 3 is 2.53 bits per heavy atom. The smallest absolute Gasteiger partial charge is 0.337 e. The van der Waals surface area contributed by atoms with Crippen LogP contribution in [-0.4, -0.2) is 16.1 Å². The van der Waals surface area contributed by atoms with E-state index in [0.29, 0.717) is 28.8 Å². The molecular weight excluding hydrogens is 445 g/mol. The fraction of sp³-hybridized carbons (Fsp3) is 0.231. The van der Waals surface area contributed by atoms with Gasteiger partial charge in [-0.25, -0.2) is 4.79 Å². The number of aromatic carboxylic acids is 1. The standard InChI is InChI=1S/C26H23Cl2NO3/c1-2-25-23(26(30)31)12-17(14-29-25)20-4-3-5-21(20)22-13-19(10-11-24(22)28)32-15-16-6-8-18(27)9-7-16/h6-14H,2-5,15H2,1H3,(H,30,31). The Labute approximate surface area is 197 Å². The van der Waals surface area contributed by atoms with Crippen LogP contribution >= 0.6 is 23.2 Å². The Balaban J connectivity index is 1.66. The van der Waals surface area contributed by atoms with Gasteiger partial charge in [-0.05, 0) is 84.4 Å². The van der Waals surface area contributed by atoms with Crippen molar-refractivity contribution >= 4 is 40.3 Å². The molecule has 4 rings (SSSR count). The van der Waals surface area contributed by atoms with Crippen LogP contribution in [0.2, 0.25) is 10.0 Å². The number of hydrogen-bond acceptors (Lipinski definition) is 3. The lowest BCUT2D eigenvalue weighted by atomic mass is 9.96. The zero-order valence-corrected chi connectivity index (χ0v) is 19.2. The van der Waals surface area contributed by atoms with Crippen molar-refractivity contribution in [1.82, 2.24) is 4.98 Å². The van der Waals surface area contributed by atoms with E-state index in [0.717, 1.165) is 52.8 Å². The van der Waals surface area contributed by atoms with Crippen LogP contribution in [0.3, 0.4) is 0 Å². The van der Waals surface area contributed by atoms with Gasteiger partial charge in [-0.3, -0.25) is 4.98 Å². The predicted octanol–water partition coefficient (Wildman–Crippen LogP) is 7.32. The number of aryl methyl sites for hydroxylation is 1. The number of benzene rings is 2. The highest BCUT2D eigenvalue weighted by Gasteiger charge is 2.22. The molecule has 0 fully saturated rings. The SMILES string of the molecule is CCc1ncc(C2=C(c3cc(OCc4ccc(Cl)cc4)ccc3Cl)CCC2)cc1C(=O)O. The molecule has 32 heavy (non-hydrogen) atoms. The van der Waals surface area contributed by atoms with Crippen LogP contribution in [0.15, 0.2) is 54.7 Å². The minimum atomic E-state index is -0.952. The molecular formula is C26H23Cl2NO3. The number of carboxylic acid groups (broad SMARTS) is 1. The van der Waals surface area contributed by atoms with Gasteiger partial charge in [0.15, 0.2) is 0 Å². The van der Waals surface area contributed by atoms with Gasteiger partial charge in [0.2, 0.25) is 0 Å². The second-order valence-electron chi connectivity index (χ2n) is 7.74. The van der Waals surface area contributed by atoms with Gasteiger partial charge in [0, 0.05) is 21.8 Å². The minimum Gasteiger partial charge on any atom is -0.489 e. The van der Waals surface area contributed by atoms with Crippen LogP contribution in [0.5, 0.6) is 5.75 Å². The molecule has 0 radical (unpaired) electrons. The molecule has 0 atom stereocenters. The molecule has 6 heteroatoms. The molecule has 1 aliphatic rings. The summed E-state index contributed by atoms with van der Waals surface area (Å²) in [6.07, 6.45) is 5.06. The maximum Gasteiger partial charge on any atom is 0.337 e. The number of nitrogens with zero attached hydrogens (tertiary/aromatic N) is 1. The second kappa shape index (κ2) is 9.76. The molecule has 0 saturated heterocycles. The van der Waals surface area contributed by atoms with E-state index in [9.17, 15) is 9.90 Å². The Kier molecular flexibility index (Phi) is 6.83. The first-order valence-electron chi connectivity index (χ1n) is 10.6. The van der Waals surface area contributed by atoms with Crippen LogP contribution in [-0.2, 0) is 13.0 Å². The molecule has 1 aromatic heterocycles. The topological polar surface area (TPSA) is 59.4 Å². The Morgan fingerprint density at radius 2 is 1.81 bits per heavy atom. The van der Waals surface area contributed by atoms with E-state index in [1.807, 2.05) is 49.4 Å². The highest BCUT2D eigenvalue weighted by atomic mass is 35.5. The molecule has 0 bridgehead atoms. The first kappa shape index (κ1) is 22.4. The van der Waals surface area contributed by atoms with Crippen molar-refractivity contribution in [2.75, 3.05) is 0 Å². The van der Waals surface area contributed by atoms with Crippen molar-refractivity contribution in [2.24, 2.45) is 0 Å². The number of carbonyl (C=O) groups is 1. The van der Waals surface area contributed by atoms with E-state index in [4.69, 9.17) is 27.9 Å². The molecule has 3 aromatic rings. The lowest BCUT2D eigenvalue weighted by molar-refractivity contribution is 0.0695. The molecule has 1 heterocycles. The van der Waals surface area contributed by atoms with E-state index >= 15 is 0 Å². The Morgan fingerprint density at radius 1 is 1.06 bits per heavy atom. The maximum absolute atomic E-state index is 11.7. The molecule has 0 unspecified atom stereocenters. The van der Waals surface area contributed by atoms with Crippen LogP contribution < -0.4 is 4.74 Å². The number of ether oxygens (including phenoxy) is 1. The third-order valence-electron chi connectivity index (χ3n) is 5.68. The summed E-state index contributed by atoms with van der Waals surface area (Å²) in [7, 11) is 0. The lowest BCUT2D eigenvalue weighted by Crippen LogP contribution is -2.05. The molecule has 1 aliphatic carbocycles. The number of allylic oxidation sites excluding steroid dienone is 2. The average Bonchev–Trinajstić information content (AvgIpc) is 3.28.